The molecule has 1 aromatic carbocycles. The van der Waals surface area contributed by atoms with Crippen molar-refractivity contribution in [2.45, 2.75) is 45.9 Å². The van der Waals surface area contributed by atoms with E-state index in [1.807, 2.05) is 0 Å². The molecule has 0 N–H and O–H groups in total. The topological polar surface area (TPSA) is 0 Å². The SMILES string of the molecule is Cc1ccc(C)c(C(Br)CC(C)(C)C)c1. The van der Waals surface area contributed by atoms with Crippen molar-refractivity contribution in [3.8, 4) is 0 Å². The third-order valence-corrected chi connectivity index (χ3v) is 3.38. The predicted octanol–water partition coefficient (Wildman–Crippen LogP) is 5.18. The van der Waals surface area contributed by atoms with Crippen molar-refractivity contribution >= 4 is 15.9 Å². The number of aryl methyl sites for hydroxylation is 2. The maximum Gasteiger partial charge on any atom is 0.0403 e. The van der Waals surface area contributed by atoms with Crippen LogP contribution in [0.1, 0.15) is 48.7 Å². The average molecular weight is 269 g/mol. The van der Waals surface area contributed by atoms with Crippen LogP contribution in [0.25, 0.3) is 0 Å². The molecule has 0 aliphatic carbocycles. The number of rotatable bonds is 2. The third kappa shape index (κ3) is 3.98. The minimum atomic E-state index is 0.365. The lowest BCUT2D eigenvalue weighted by Gasteiger charge is -2.23. The first-order valence-electron chi connectivity index (χ1n) is 5.51. The van der Waals surface area contributed by atoms with Crippen LogP contribution >= 0.6 is 15.9 Å². The van der Waals surface area contributed by atoms with Crippen LogP contribution in [0.4, 0.5) is 0 Å². The molecule has 1 rings (SSSR count). The summed E-state index contributed by atoms with van der Waals surface area (Å²) in [5.41, 5.74) is 4.52. The van der Waals surface area contributed by atoms with Crippen LogP contribution in [0.15, 0.2) is 18.2 Å². The van der Waals surface area contributed by atoms with Crippen molar-refractivity contribution in [1.82, 2.24) is 0 Å². The van der Waals surface area contributed by atoms with Crippen molar-refractivity contribution < 1.29 is 0 Å². The summed E-state index contributed by atoms with van der Waals surface area (Å²) in [6, 6.07) is 6.68. The minimum absolute atomic E-state index is 0.365. The molecule has 0 saturated heterocycles. The summed E-state index contributed by atoms with van der Waals surface area (Å²) in [6.07, 6.45) is 1.16. The molecule has 0 bridgehead atoms. The molecule has 0 radical (unpaired) electrons. The molecule has 0 aliphatic rings. The fourth-order valence-corrected chi connectivity index (χ4v) is 3.21. The molecular formula is C14H21Br. The predicted molar refractivity (Wildman–Crippen MR) is 71.7 cm³/mol. The molecule has 1 atom stereocenters. The van der Waals surface area contributed by atoms with E-state index in [0.29, 0.717) is 10.2 Å². The Morgan fingerprint density at radius 3 is 2.33 bits per heavy atom. The number of hydrogen-bond acceptors (Lipinski definition) is 0. The van der Waals surface area contributed by atoms with Crippen molar-refractivity contribution in [2.24, 2.45) is 5.41 Å². The molecule has 0 nitrogen and oxygen atoms in total. The fourth-order valence-electron chi connectivity index (χ4n) is 1.74. The van der Waals surface area contributed by atoms with Crippen LogP contribution in [0.3, 0.4) is 0 Å². The van der Waals surface area contributed by atoms with Gasteiger partial charge in [-0.3, -0.25) is 0 Å². The van der Waals surface area contributed by atoms with Crippen LogP contribution in [-0.2, 0) is 0 Å². The van der Waals surface area contributed by atoms with Crippen molar-refractivity contribution in [2.75, 3.05) is 0 Å². The summed E-state index contributed by atoms with van der Waals surface area (Å²) < 4.78 is 0. The van der Waals surface area contributed by atoms with Gasteiger partial charge in [0.1, 0.15) is 0 Å². The summed E-state index contributed by atoms with van der Waals surface area (Å²) in [7, 11) is 0. The second-order valence-electron chi connectivity index (χ2n) is 5.59. The number of alkyl halides is 1. The highest BCUT2D eigenvalue weighted by atomic mass is 79.9. The molecule has 0 amide bonds. The summed E-state index contributed by atoms with van der Waals surface area (Å²) in [4.78, 5) is 0.470. The summed E-state index contributed by atoms with van der Waals surface area (Å²) in [5.74, 6) is 0. The lowest BCUT2D eigenvalue weighted by molar-refractivity contribution is 0.376. The largest absolute Gasteiger partial charge is 0.0838 e. The molecule has 15 heavy (non-hydrogen) atoms. The van der Waals surface area contributed by atoms with Gasteiger partial charge in [0, 0.05) is 4.83 Å². The maximum absolute atomic E-state index is 3.81. The first kappa shape index (κ1) is 12.8. The van der Waals surface area contributed by atoms with Gasteiger partial charge in [0.15, 0.2) is 0 Å². The molecular weight excluding hydrogens is 248 g/mol. The Morgan fingerprint density at radius 1 is 1.20 bits per heavy atom. The molecule has 0 aliphatic heterocycles. The smallest absolute Gasteiger partial charge is 0.0403 e. The van der Waals surface area contributed by atoms with Crippen LogP contribution in [0, 0.1) is 19.3 Å². The van der Waals surface area contributed by atoms with E-state index in [0.717, 1.165) is 6.42 Å². The van der Waals surface area contributed by atoms with Gasteiger partial charge in [-0.15, -0.1) is 0 Å². The van der Waals surface area contributed by atoms with Gasteiger partial charge in [-0.05, 0) is 36.8 Å². The van der Waals surface area contributed by atoms with E-state index in [1.165, 1.54) is 16.7 Å². The number of halogens is 1. The van der Waals surface area contributed by atoms with E-state index in [4.69, 9.17) is 0 Å². The highest BCUT2D eigenvalue weighted by molar-refractivity contribution is 9.09. The molecule has 0 spiro atoms. The Kier molecular flexibility index (Phi) is 3.99. The van der Waals surface area contributed by atoms with Gasteiger partial charge in [0.05, 0.1) is 0 Å². The Labute approximate surface area is 102 Å². The molecule has 1 heteroatoms. The normalized spacial score (nSPS) is 14.0. The van der Waals surface area contributed by atoms with E-state index < -0.39 is 0 Å². The van der Waals surface area contributed by atoms with Gasteiger partial charge in [-0.2, -0.15) is 0 Å². The third-order valence-electron chi connectivity index (χ3n) is 2.56. The first-order valence-corrected chi connectivity index (χ1v) is 6.42. The standard InChI is InChI=1S/C14H21Br/c1-10-6-7-11(2)12(8-10)13(15)9-14(3,4)5/h6-8,13H,9H2,1-5H3. The quantitative estimate of drug-likeness (QED) is 0.649. The first-order chi connectivity index (χ1) is 6.79. The second kappa shape index (κ2) is 4.69. The maximum atomic E-state index is 3.81. The Morgan fingerprint density at radius 2 is 1.80 bits per heavy atom. The van der Waals surface area contributed by atoms with Crippen LogP contribution < -0.4 is 0 Å². The summed E-state index contributed by atoms with van der Waals surface area (Å²) in [5, 5.41) is 0. The van der Waals surface area contributed by atoms with E-state index >= 15 is 0 Å². The molecule has 1 unspecified atom stereocenters. The van der Waals surface area contributed by atoms with Gasteiger partial charge in [0.2, 0.25) is 0 Å². The lowest BCUT2D eigenvalue weighted by atomic mass is 9.87. The lowest BCUT2D eigenvalue weighted by Crippen LogP contribution is -2.09. The van der Waals surface area contributed by atoms with Gasteiger partial charge in [0.25, 0.3) is 0 Å². The summed E-state index contributed by atoms with van der Waals surface area (Å²) in [6.45, 7) is 11.2. The monoisotopic (exact) mass is 268 g/mol. The van der Waals surface area contributed by atoms with Crippen molar-refractivity contribution in [3.05, 3.63) is 34.9 Å². The van der Waals surface area contributed by atoms with Crippen molar-refractivity contribution in [3.63, 3.8) is 0 Å². The molecule has 0 aromatic heterocycles. The van der Waals surface area contributed by atoms with E-state index in [2.05, 4.69) is 68.7 Å². The van der Waals surface area contributed by atoms with Crippen LogP contribution in [0.2, 0.25) is 0 Å². The fraction of sp³-hybridized carbons (Fsp3) is 0.571. The van der Waals surface area contributed by atoms with Gasteiger partial charge >= 0.3 is 0 Å². The highest BCUT2D eigenvalue weighted by Crippen LogP contribution is 2.37. The number of hydrogen-bond donors (Lipinski definition) is 0. The Hall–Kier alpha value is -0.300. The van der Waals surface area contributed by atoms with E-state index in [9.17, 15) is 0 Å². The zero-order valence-electron chi connectivity index (χ0n) is 10.4. The highest BCUT2D eigenvalue weighted by Gasteiger charge is 2.19. The Bertz CT molecular complexity index is 334. The average Bonchev–Trinajstić information content (AvgIpc) is 2.06. The van der Waals surface area contributed by atoms with Crippen molar-refractivity contribution in [1.29, 1.82) is 0 Å². The van der Waals surface area contributed by atoms with Gasteiger partial charge in [-0.25, -0.2) is 0 Å². The van der Waals surface area contributed by atoms with Crippen LogP contribution in [-0.4, -0.2) is 0 Å². The zero-order valence-corrected chi connectivity index (χ0v) is 12.0. The van der Waals surface area contributed by atoms with Gasteiger partial charge in [-0.1, -0.05) is 60.5 Å². The molecule has 1 aromatic rings. The minimum Gasteiger partial charge on any atom is -0.0838 e. The van der Waals surface area contributed by atoms with Gasteiger partial charge < -0.3 is 0 Å². The molecule has 0 heterocycles. The molecule has 84 valence electrons. The Balaban J connectivity index is 2.90. The number of benzene rings is 1. The second-order valence-corrected chi connectivity index (χ2v) is 6.70. The molecule has 0 saturated carbocycles. The van der Waals surface area contributed by atoms with E-state index in [-0.39, 0.29) is 0 Å². The molecule has 0 fully saturated rings. The van der Waals surface area contributed by atoms with Crippen LogP contribution in [0.5, 0.6) is 0 Å². The van der Waals surface area contributed by atoms with E-state index in [1.54, 1.807) is 0 Å². The summed E-state index contributed by atoms with van der Waals surface area (Å²) >= 11 is 3.81. The zero-order chi connectivity index (χ0) is 11.6.